The highest BCUT2D eigenvalue weighted by Crippen LogP contribution is 2.03. The van der Waals surface area contributed by atoms with Gasteiger partial charge in [-0.3, -0.25) is 0 Å². The Kier molecular flexibility index (Phi) is 5.80. The Bertz CT molecular complexity index is 263. The summed E-state index contributed by atoms with van der Waals surface area (Å²) in [5.41, 5.74) is 0. The number of aromatic nitrogens is 2. The number of nitrogens with one attached hydrogen (secondary N) is 1. The van der Waals surface area contributed by atoms with Gasteiger partial charge in [-0.15, -0.1) is 0 Å². The fraction of sp³-hybridized carbons (Fsp3) is 0.700. The molecule has 5 heteroatoms. The molecule has 1 heterocycles. The second kappa shape index (κ2) is 7.25. The molecule has 15 heavy (non-hydrogen) atoms. The Morgan fingerprint density at radius 1 is 1.47 bits per heavy atom. The molecule has 0 spiro atoms. The molecule has 0 aliphatic heterocycles. The highest BCUT2D eigenvalue weighted by molar-refractivity contribution is 5.25. The molecule has 0 atom stereocenters. The topological polar surface area (TPSA) is 48.3 Å². The Labute approximate surface area is 90.4 Å². The maximum absolute atomic E-state index is 5.23. The van der Waals surface area contributed by atoms with E-state index in [-0.39, 0.29) is 0 Å². The van der Waals surface area contributed by atoms with Gasteiger partial charge in [0, 0.05) is 39.2 Å². The lowest BCUT2D eigenvalue weighted by Crippen LogP contribution is -2.14. The van der Waals surface area contributed by atoms with Crippen molar-refractivity contribution in [2.24, 2.45) is 0 Å². The van der Waals surface area contributed by atoms with Crippen molar-refractivity contribution >= 4 is 5.95 Å². The molecule has 0 saturated carbocycles. The zero-order valence-electron chi connectivity index (χ0n) is 9.40. The lowest BCUT2D eigenvalue weighted by atomic mass is 10.6. The molecule has 0 amide bonds. The van der Waals surface area contributed by atoms with Crippen LogP contribution in [0.4, 0.5) is 5.95 Å². The minimum atomic E-state index is 0.691. The summed E-state index contributed by atoms with van der Waals surface area (Å²) in [6.07, 6.45) is 3.71. The van der Waals surface area contributed by atoms with Crippen molar-refractivity contribution in [2.75, 3.05) is 38.8 Å². The van der Waals surface area contributed by atoms with E-state index in [1.54, 1.807) is 13.3 Å². The number of methoxy groups -OCH3 is 1. The van der Waals surface area contributed by atoms with Crippen molar-refractivity contribution in [3.63, 3.8) is 0 Å². The molecular weight excluding hydrogens is 194 g/mol. The average molecular weight is 213 g/mol. The van der Waals surface area contributed by atoms with Crippen LogP contribution >= 0.6 is 0 Å². The smallest absolute Gasteiger partial charge is 0.202 e. The van der Waals surface area contributed by atoms with E-state index in [4.69, 9.17) is 9.47 Å². The molecule has 0 radical (unpaired) electrons. The van der Waals surface area contributed by atoms with Crippen LogP contribution in [0, 0.1) is 0 Å². The first-order valence-electron chi connectivity index (χ1n) is 5.20. The van der Waals surface area contributed by atoms with Gasteiger partial charge >= 0.3 is 0 Å². The zero-order valence-corrected chi connectivity index (χ0v) is 9.40. The third kappa shape index (κ3) is 4.31. The van der Waals surface area contributed by atoms with Crippen LogP contribution in [0.1, 0.15) is 6.92 Å². The van der Waals surface area contributed by atoms with Gasteiger partial charge in [0.25, 0.3) is 0 Å². The molecule has 0 aliphatic rings. The second-order valence-corrected chi connectivity index (χ2v) is 3.06. The zero-order chi connectivity index (χ0) is 10.9. The van der Waals surface area contributed by atoms with Crippen molar-refractivity contribution < 1.29 is 9.47 Å². The maximum Gasteiger partial charge on any atom is 0.202 e. The number of ether oxygens (including phenoxy) is 2. The molecule has 0 bridgehead atoms. The van der Waals surface area contributed by atoms with Gasteiger partial charge in [0.1, 0.15) is 0 Å². The summed E-state index contributed by atoms with van der Waals surface area (Å²) in [5, 5.41) is 3.21. The van der Waals surface area contributed by atoms with Gasteiger partial charge in [-0.05, 0) is 6.92 Å². The van der Waals surface area contributed by atoms with Crippen LogP contribution in [0.5, 0.6) is 0 Å². The molecule has 1 aromatic rings. The molecule has 0 fully saturated rings. The van der Waals surface area contributed by atoms with Gasteiger partial charge in [0.15, 0.2) is 0 Å². The summed E-state index contributed by atoms with van der Waals surface area (Å²) in [5.74, 6) is 0.867. The van der Waals surface area contributed by atoms with E-state index >= 15 is 0 Å². The largest absolute Gasteiger partial charge is 0.383 e. The van der Waals surface area contributed by atoms with E-state index in [2.05, 4.69) is 10.3 Å². The van der Waals surface area contributed by atoms with Crippen LogP contribution in [0.2, 0.25) is 0 Å². The van der Waals surface area contributed by atoms with E-state index < -0.39 is 0 Å². The summed E-state index contributed by atoms with van der Waals surface area (Å²) >= 11 is 0. The second-order valence-electron chi connectivity index (χ2n) is 3.06. The quantitative estimate of drug-likeness (QED) is 0.654. The highest BCUT2D eigenvalue weighted by Gasteiger charge is 2.00. The molecular formula is C10H19N3O2. The summed E-state index contributed by atoms with van der Waals surface area (Å²) < 4.78 is 12.3. The van der Waals surface area contributed by atoms with Crippen molar-refractivity contribution in [3.8, 4) is 0 Å². The maximum atomic E-state index is 5.23. The van der Waals surface area contributed by atoms with Crippen LogP contribution < -0.4 is 5.32 Å². The molecule has 0 aromatic carbocycles. The lowest BCUT2D eigenvalue weighted by molar-refractivity contribution is 0.158. The molecule has 0 saturated heterocycles. The molecule has 1 N–H and O–H groups in total. The Balaban J connectivity index is 2.29. The normalized spacial score (nSPS) is 10.5. The Hall–Kier alpha value is -1.07. The summed E-state index contributed by atoms with van der Waals surface area (Å²) in [6, 6.07) is 0. The molecule has 0 aliphatic carbocycles. The summed E-state index contributed by atoms with van der Waals surface area (Å²) in [4.78, 5) is 4.21. The monoisotopic (exact) mass is 213 g/mol. The van der Waals surface area contributed by atoms with E-state index in [9.17, 15) is 0 Å². The van der Waals surface area contributed by atoms with Crippen LogP contribution in [-0.4, -0.2) is 43.0 Å². The molecule has 1 aromatic heterocycles. The van der Waals surface area contributed by atoms with E-state index in [1.807, 2.05) is 17.7 Å². The van der Waals surface area contributed by atoms with Crippen LogP contribution in [0.3, 0.4) is 0 Å². The van der Waals surface area contributed by atoms with Crippen LogP contribution in [-0.2, 0) is 16.0 Å². The predicted octanol–water partition coefficient (Wildman–Crippen LogP) is 0.978. The van der Waals surface area contributed by atoms with Crippen molar-refractivity contribution in [3.05, 3.63) is 12.4 Å². The molecule has 5 nitrogen and oxygen atoms in total. The number of anilines is 1. The van der Waals surface area contributed by atoms with Crippen molar-refractivity contribution in [1.29, 1.82) is 0 Å². The minimum absolute atomic E-state index is 0.691. The molecule has 0 unspecified atom stereocenters. The molecule has 86 valence electrons. The van der Waals surface area contributed by atoms with Gasteiger partial charge in [-0.25, -0.2) is 4.98 Å². The van der Waals surface area contributed by atoms with Crippen molar-refractivity contribution in [1.82, 2.24) is 9.55 Å². The van der Waals surface area contributed by atoms with Crippen LogP contribution in [0.15, 0.2) is 12.4 Å². The first-order chi connectivity index (χ1) is 7.38. The van der Waals surface area contributed by atoms with Gasteiger partial charge < -0.3 is 19.4 Å². The number of imidazole rings is 1. The van der Waals surface area contributed by atoms with E-state index in [1.165, 1.54) is 0 Å². The minimum Gasteiger partial charge on any atom is -0.383 e. The average Bonchev–Trinajstić information content (AvgIpc) is 2.69. The number of nitrogens with zero attached hydrogens (tertiary/aromatic N) is 2. The summed E-state index contributed by atoms with van der Waals surface area (Å²) in [6.45, 7) is 5.72. The fourth-order valence-electron chi connectivity index (χ4n) is 1.23. The van der Waals surface area contributed by atoms with Crippen molar-refractivity contribution in [2.45, 2.75) is 13.5 Å². The molecule has 1 rings (SSSR count). The van der Waals surface area contributed by atoms with E-state index in [0.29, 0.717) is 13.2 Å². The summed E-state index contributed by atoms with van der Waals surface area (Å²) in [7, 11) is 1.69. The predicted molar refractivity (Wildman–Crippen MR) is 59.1 cm³/mol. The Morgan fingerprint density at radius 3 is 3.07 bits per heavy atom. The van der Waals surface area contributed by atoms with Gasteiger partial charge in [0.05, 0.1) is 13.2 Å². The third-order valence-corrected chi connectivity index (χ3v) is 1.99. The van der Waals surface area contributed by atoms with Gasteiger partial charge in [-0.2, -0.15) is 0 Å². The highest BCUT2D eigenvalue weighted by atomic mass is 16.5. The fourth-order valence-corrected chi connectivity index (χ4v) is 1.23. The first kappa shape index (κ1) is 12.0. The van der Waals surface area contributed by atoms with Gasteiger partial charge in [0.2, 0.25) is 5.95 Å². The number of hydrogen-bond acceptors (Lipinski definition) is 4. The third-order valence-electron chi connectivity index (χ3n) is 1.99. The first-order valence-corrected chi connectivity index (χ1v) is 5.20. The Morgan fingerprint density at radius 2 is 2.33 bits per heavy atom. The lowest BCUT2D eigenvalue weighted by Gasteiger charge is -2.09. The number of hydrogen-bond donors (Lipinski definition) is 1. The SMILES string of the molecule is CCOCCNc1nccn1CCOC. The standard InChI is InChI=1S/C10H19N3O2/c1-3-15-8-5-12-10-11-4-6-13(10)7-9-14-2/h4,6H,3,5,7-9H2,1-2H3,(H,11,12). The number of rotatable bonds is 8. The van der Waals surface area contributed by atoms with Crippen LogP contribution in [0.25, 0.3) is 0 Å². The van der Waals surface area contributed by atoms with Gasteiger partial charge in [-0.1, -0.05) is 0 Å². The van der Waals surface area contributed by atoms with E-state index in [0.717, 1.165) is 25.6 Å².